The first-order valence-corrected chi connectivity index (χ1v) is 37.8. The third-order valence-electron chi connectivity index (χ3n) is 21.5. The topological polar surface area (TPSA) is 46.2 Å². The van der Waals surface area contributed by atoms with E-state index in [9.17, 15) is 0 Å². The van der Waals surface area contributed by atoms with Gasteiger partial charge in [-0.15, -0.1) is 0 Å². The summed E-state index contributed by atoms with van der Waals surface area (Å²) in [5.41, 5.74) is 0. The Morgan fingerprint density at radius 3 is 0.784 bits per heavy atom. The van der Waals surface area contributed by atoms with Crippen LogP contribution < -0.4 is 0 Å². The van der Waals surface area contributed by atoms with Crippen LogP contribution in [0.3, 0.4) is 0 Å². The van der Waals surface area contributed by atoms with E-state index < -0.39 is 0 Å². The van der Waals surface area contributed by atoms with E-state index in [2.05, 4.69) is 58.8 Å². The molecule has 22 aliphatic rings. The van der Waals surface area contributed by atoms with Crippen LogP contribution >= 0.6 is 58.8 Å². The van der Waals surface area contributed by atoms with Crippen LogP contribution in [0.1, 0.15) is 244 Å². The number of thioether (sulfide) groups is 5. The fourth-order valence-corrected chi connectivity index (χ4v) is 24.5. The second-order valence-corrected chi connectivity index (χ2v) is 34.5. The van der Waals surface area contributed by atoms with Crippen molar-refractivity contribution in [3.63, 3.8) is 0 Å². The molecule has 0 aromatic heterocycles. The Morgan fingerprint density at radius 1 is 0.216 bits per heavy atom. The average Bonchev–Trinajstić information content (AvgIpc) is 4.31. The van der Waals surface area contributed by atoms with Gasteiger partial charge in [-0.05, 0) is 284 Å². The molecule has 74 heavy (non-hydrogen) atoms. The monoisotopic (exact) mass is 1120 g/mol. The summed E-state index contributed by atoms with van der Waals surface area (Å²) < 4.78 is 27.2. The van der Waals surface area contributed by atoms with Crippen molar-refractivity contribution in [2.24, 2.45) is 35.5 Å². The summed E-state index contributed by atoms with van der Waals surface area (Å²) in [5, 5.41) is 7.59. The van der Waals surface area contributed by atoms with Crippen LogP contribution in [0.2, 0.25) is 0 Å². The molecule has 8 unspecified atom stereocenters. The van der Waals surface area contributed by atoms with Crippen molar-refractivity contribution >= 4 is 58.8 Å². The summed E-state index contributed by atoms with van der Waals surface area (Å²) in [4.78, 5) is 0. The predicted octanol–water partition coefficient (Wildman–Crippen LogP) is 17.6. The molecule has 6 aliphatic carbocycles. The summed E-state index contributed by atoms with van der Waals surface area (Å²) in [6.07, 6.45) is 59.6. The summed E-state index contributed by atoms with van der Waals surface area (Å²) >= 11 is 11.1. The zero-order valence-electron chi connectivity index (χ0n) is 46.7. The Labute approximate surface area is 475 Å². The van der Waals surface area contributed by atoms with Crippen molar-refractivity contribution in [1.29, 1.82) is 0 Å². The number of rotatable bonds is 0. The smallest absolute Gasteiger partial charge is 0.0580 e. The summed E-state index contributed by atoms with van der Waals surface area (Å²) in [6.45, 7) is 3.18. The molecule has 16 heterocycles. The molecular formula is C64H108O5S5. The Hall–Kier alpha value is 1.55. The first kappa shape index (κ1) is 57.4. The molecular weight excluding hydrogens is 1010 g/mol. The van der Waals surface area contributed by atoms with Gasteiger partial charge in [0.2, 0.25) is 0 Å². The molecule has 20 bridgehead atoms. The van der Waals surface area contributed by atoms with Gasteiger partial charge in [-0.2, -0.15) is 58.8 Å². The van der Waals surface area contributed by atoms with Gasteiger partial charge in [0.05, 0.1) is 42.7 Å². The second kappa shape index (κ2) is 30.2. The molecule has 22 fully saturated rings. The molecule has 0 aromatic rings. The van der Waals surface area contributed by atoms with E-state index in [0.29, 0.717) is 42.7 Å². The fourth-order valence-electron chi connectivity index (χ4n) is 16.6. The summed E-state index contributed by atoms with van der Waals surface area (Å²) in [6, 6.07) is 0. The van der Waals surface area contributed by atoms with Gasteiger partial charge in [-0.3, -0.25) is 0 Å². The normalized spacial score (nSPS) is 46.7. The van der Waals surface area contributed by atoms with E-state index in [0.717, 1.165) is 92.1 Å². The maximum atomic E-state index is 5.48. The standard InChI is InChI=1S/2C7H12O.2C7H12S.3C6H10O.3C6H10S/c1-3-7-4-2-6(1)5-8-7;1-2-6-4-7(3-1)8-5-6;1-3-7-4-2-6(1)5-8-7;1-2-6-4-7(3-1)8-5-6;1-2-6-3-5(1)4-7-6;2*1-2-6-4-3-5(1)7-6;1-2-6-3-5(1)4-7-6;2*1-2-6-4-3-5(1)7-6/h4*6-7H,1-5H2;6*5-6H,1-4H2. The van der Waals surface area contributed by atoms with Crippen molar-refractivity contribution in [1.82, 2.24) is 0 Å². The van der Waals surface area contributed by atoms with Crippen LogP contribution in [-0.2, 0) is 23.7 Å². The fraction of sp³-hybridized carbons (Fsp3) is 1.00. The van der Waals surface area contributed by atoms with Crippen LogP contribution in [0.5, 0.6) is 0 Å². The van der Waals surface area contributed by atoms with Crippen LogP contribution in [0, 0.1) is 35.5 Å². The first-order valence-electron chi connectivity index (χ1n) is 32.8. The second-order valence-electron chi connectivity index (χ2n) is 27.3. The molecule has 10 heteroatoms. The Bertz CT molecular complexity index is 1170. The van der Waals surface area contributed by atoms with Crippen LogP contribution in [-0.4, -0.2) is 117 Å². The Balaban J connectivity index is 0.0000000883. The molecule has 0 amide bonds. The van der Waals surface area contributed by atoms with Crippen molar-refractivity contribution in [2.75, 3.05) is 37.1 Å². The minimum absolute atomic E-state index is 0.653. The van der Waals surface area contributed by atoms with Crippen LogP contribution in [0.4, 0.5) is 0 Å². The maximum Gasteiger partial charge on any atom is 0.0580 e. The van der Waals surface area contributed by atoms with Crippen molar-refractivity contribution in [3.05, 3.63) is 0 Å². The molecule has 16 saturated heterocycles. The lowest BCUT2D eigenvalue weighted by Crippen LogP contribution is -2.32. The maximum absolute atomic E-state index is 5.48. The molecule has 0 spiro atoms. The highest BCUT2D eigenvalue weighted by Crippen LogP contribution is 2.47. The zero-order valence-corrected chi connectivity index (χ0v) is 50.8. The lowest BCUT2D eigenvalue weighted by atomic mass is 9.85. The lowest BCUT2D eigenvalue weighted by molar-refractivity contribution is -0.0615. The van der Waals surface area contributed by atoms with Gasteiger partial charge in [-0.25, -0.2) is 0 Å². The molecule has 16 aliphatic heterocycles. The number of hydrogen-bond donors (Lipinski definition) is 0. The highest BCUT2D eigenvalue weighted by atomic mass is 32.2. The van der Waals surface area contributed by atoms with Crippen molar-refractivity contribution in [2.45, 2.75) is 323 Å². The molecule has 8 atom stereocenters. The van der Waals surface area contributed by atoms with Crippen LogP contribution in [0.15, 0.2) is 0 Å². The van der Waals surface area contributed by atoms with Crippen LogP contribution in [0.25, 0.3) is 0 Å². The van der Waals surface area contributed by atoms with Gasteiger partial charge in [-0.1, -0.05) is 12.8 Å². The molecule has 0 aromatic carbocycles. The molecule has 5 nitrogen and oxygen atoms in total. The third kappa shape index (κ3) is 18.3. The lowest BCUT2D eigenvalue weighted by Gasteiger charge is -2.35. The number of hydrogen-bond acceptors (Lipinski definition) is 10. The van der Waals surface area contributed by atoms with E-state index >= 15 is 0 Å². The molecule has 22 rings (SSSR count). The van der Waals surface area contributed by atoms with Gasteiger partial charge in [0.25, 0.3) is 0 Å². The van der Waals surface area contributed by atoms with Crippen molar-refractivity contribution in [3.8, 4) is 0 Å². The van der Waals surface area contributed by atoms with E-state index in [-0.39, 0.29) is 0 Å². The quantitative estimate of drug-likeness (QED) is 0.234. The molecule has 424 valence electrons. The number of ether oxygens (including phenoxy) is 5. The minimum atomic E-state index is 0.653. The van der Waals surface area contributed by atoms with E-state index in [1.165, 1.54) is 248 Å². The van der Waals surface area contributed by atoms with Gasteiger partial charge in [0.15, 0.2) is 0 Å². The van der Waals surface area contributed by atoms with E-state index in [1.54, 1.807) is 12.8 Å². The highest BCUT2D eigenvalue weighted by molar-refractivity contribution is 8.01. The van der Waals surface area contributed by atoms with E-state index in [4.69, 9.17) is 23.7 Å². The van der Waals surface area contributed by atoms with Gasteiger partial charge < -0.3 is 23.7 Å². The summed E-state index contributed by atoms with van der Waals surface area (Å²) in [7, 11) is 0. The largest absolute Gasteiger partial charge is 0.378 e. The SMILES string of the molecule is C1CC2CC1CO2.C1CC2CC1CS2.C1CC2CCC1CO2.C1CC2CCC1CS2.C1CC2CCC1O2.C1CC2CCC1O2.C1CC2CCC1S2.C1CC2CCC1S2.C1CC2COC(C1)C2.C1CC2CSC(C1)C2. The van der Waals surface area contributed by atoms with E-state index in [1.807, 2.05) is 0 Å². The first-order chi connectivity index (χ1) is 36.5. The highest BCUT2D eigenvalue weighted by Gasteiger charge is 2.36. The zero-order chi connectivity index (χ0) is 49.7. The van der Waals surface area contributed by atoms with Gasteiger partial charge in [0.1, 0.15) is 0 Å². The summed E-state index contributed by atoms with van der Waals surface area (Å²) in [5.74, 6) is 10.6. The number of fused-ring (bicyclic) bond motifs is 22. The van der Waals surface area contributed by atoms with Gasteiger partial charge in [0, 0.05) is 56.6 Å². The Morgan fingerprint density at radius 2 is 0.554 bits per heavy atom. The molecule has 6 saturated carbocycles. The Kier molecular flexibility index (Phi) is 23.4. The average molecular weight is 1120 g/mol. The minimum Gasteiger partial charge on any atom is -0.378 e. The molecule has 0 radical (unpaired) electrons. The van der Waals surface area contributed by atoms with Gasteiger partial charge >= 0.3 is 0 Å². The van der Waals surface area contributed by atoms with Crippen molar-refractivity contribution < 1.29 is 23.7 Å². The molecule has 0 N–H and O–H groups in total. The predicted molar refractivity (Wildman–Crippen MR) is 322 cm³/mol. The third-order valence-corrected chi connectivity index (χ3v) is 29.6.